The lowest BCUT2D eigenvalue weighted by Gasteiger charge is -2.36. The van der Waals surface area contributed by atoms with Crippen molar-refractivity contribution in [3.8, 4) is 0 Å². The molecule has 0 spiro atoms. The molecule has 2 unspecified atom stereocenters. The fourth-order valence-electron chi connectivity index (χ4n) is 2.15. The molecule has 0 saturated carbocycles. The number of primary amides is 1. The molecule has 1 rings (SSSR count). The van der Waals surface area contributed by atoms with Crippen LogP contribution in [-0.4, -0.2) is 53.7 Å². The first kappa shape index (κ1) is 15.1. The Labute approximate surface area is 111 Å². The normalized spacial score (nSPS) is 22.7. The van der Waals surface area contributed by atoms with Crippen molar-refractivity contribution in [3.05, 3.63) is 0 Å². The zero-order valence-corrected chi connectivity index (χ0v) is 10.9. The smallest absolute Gasteiger partial charge is 0.317 e. The molecule has 1 heterocycles. The van der Waals surface area contributed by atoms with E-state index in [9.17, 15) is 14.4 Å². The molecule has 0 aromatic carbocycles. The molecule has 1 saturated heterocycles. The number of piperidine rings is 1. The minimum atomic E-state index is -0.808. The van der Waals surface area contributed by atoms with Crippen LogP contribution in [0.2, 0.25) is 0 Å². The lowest BCUT2D eigenvalue weighted by molar-refractivity contribution is -0.143. The van der Waals surface area contributed by atoms with Crippen LogP contribution in [0, 0.1) is 5.92 Å². The third-order valence-corrected chi connectivity index (χ3v) is 3.19. The number of nitrogens with two attached hydrogens (primary N) is 1. The summed E-state index contributed by atoms with van der Waals surface area (Å²) in [6.45, 7) is 2.80. The van der Waals surface area contributed by atoms with Crippen LogP contribution in [0.4, 0.5) is 9.59 Å². The number of likely N-dealkylation sites (tertiary alicyclic amines) is 1. The number of nitrogens with one attached hydrogen (secondary N) is 2. The van der Waals surface area contributed by atoms with Crippen LogP contribution in [0.5, 0.6) is 0 Å². The molecule has 0 radical (unpaired) electrons. The Morgan fingerprint density at radius 2 is 1.95 bits per heavy atom. The SMILES string of the molecule is CC1CC(C(=O)O)CCN1C(=O)NCCNC(N)=O. The summed E-state index contributed by atoms with van der Waals surface area (Å²) in [5, 5.41) is 14.0. The Morgan fingerprint density at radius 1 is 1.32 bits per heavy atom. The standard InChI is InChI=1S/C11H20N4O4/c1-7-6-8(9(16)17)2-5-15(7)11(19)14-4-3-13-10(12)18/h7-8H,2-6H2,1H3,(H,14,19)(H,16,17)(H3,12,13,18). The fourth-order valence-corrected chi connectivity index (χ4v) is 2.15. The quantitative estimate of drug-likeness (QED) is 0.517. The van der Waals surface area contributed by atoms with Crippen LogP contribution in [0.1, 0.15) is 19.8 Å². The number of nitrogens with zero attached hydrogens (tertiary/aromatic N) is 1. The fraction of sp³-hybridized carbons (Fsp3) is 0.727. The van der Waals surface area contributed by atoms with Gasteiger partial charge in [-0.1, -0.05) is 0 Å². The van der Waals surface area contributed by atoms with E-state index >= 15 is 0 Å². The van der Waals surface area contributed by atoms with E-state index in [1.165, 1.54) is 0 Å². The van der Waals surface area contributed by atoms with E-state index in [2.05, 4.69) is 10.6 Å². The number of hydrogen-bond donors (Lipinski definition) is 4. The van der Waals surface area contributed by atoms with Gasteiger partial charge >= 0.3 is 18.0 Å². The van der Waals surface area contributed by atoms with E-state index in [0.29, 0.717) is 19.4 Å². The molecule has 8 nitrogen and oxygen atoms in total. The van der Waals surface area contributed by atoms with Crippen molar-refractivity contribution in [1.29, 1.82) is 0 Å². The first-order valence-electron chi connectivity index (χ1n) is 6.22. The van der Waals surface area contributed by atoms with E-state index in [0.717, 1.165) is 0 Å². The second kappa shape index (κ2) is 6.81. The number of aliphatic carboxylic acids is 1. The maximum absolute atomic E-state index is 11.9. The Morgan fingerprint density at radius 3 is 2.47 bits per heavy atom. The van der Waals surface area contributed by atoms with Crippen LogP contribution in [0.15, 0.2) is 0 Å². The van der Waals surface area contributed by atoms with Gasteiger partial charge in [0.05, 0.1) is 5.92 Å². The van der Waals surface area contributed by atoms with Gasteiger partial charge in [-0.2, -0.15) is 0 Å². The molecule has 8 heteroatoms. The molecule has 1 fully saturated rings. The molecule has 1 aliphatic heterocycles. The number of hydrogen-bond acceptors (Lipinski definition) is 3. The number of rotatable bonds is 4. The first-order chi connectivity index (χ1) is 8.91. The van der Waals surface area contributed by atoms with Gasteiger partial charge in [-0.05, 0) is 19.8 Å². The second-order valence-corrected chi connectivity index (χ2v) is 4.62. The Hall–Kier alpha value is -1.99. The molecule has 108 valence electrons. The van der Waals surface area contributed by atoms with Gasteiger partial charge in [-0.15, -0.1) is 0 Å². The van der Waals surface area contributed by atoms with Gasteiger partial charge < -0.3 is 26.4 Å². The number of carboxylic acids is 1. The van der Waals surface area contributed by atoms with Gasteiger partial charge in [0.15, 0.2) is 0 Å². The summed E-state index contributed by atoms with van der Waals surface area (Å²) in [5.41, 5.74) is 4.89. The Bertz CT molecular complexity index is 361. The van der Waals surface area contributed by atoms with Crippen molar-refractivity contribution >= 4 is 18.0 Å². The van der Waals surface area contributed by atoms with Gasteiger partial charge in [-0.25, -0.2) is 9.59 Å². The number of carboxylic acid groups (broad SMARTS) is 1. The summed E-state index contributed by atoms with van der Waals surface area (Å²) in [5.74, 6) is -1.19. The largest absolute Gasteiger partial charge is 0.481 e. The maximum atomic E-state index is 11.9. The lowest BCUT2D eigenvalue weighted by Crippen LogP contribution is -2.51. The average Bonchev–Trinajstić information content (AvgIpc) is 2.33. The van der Waals surface area contributed by atoms with Gasteiger partial charge in [-0.3, -0.25) is 4.79 Å². The topological polar surface area (TPSA) is 125 Å². The highest BCUT2D eigenvalue weighted by Gasteiger charge is 2.31. The molecule has 5 N–H and O–H groups in total. The first-order valence-corrected chi connectivity index (χ1v) is 6.22. The maximum Gasteiger partial charge on any atom is 0.317 e. The Balaban J connectivity index is 2.33. The molecule has 0 bridgehead atoms. The number of carbonyl (C=O) groups is 3. The average molecular weight is 272 g/mol. The summed E-state index contributed by atoms with van der Waals surface area (Å²) in [6, 6.07) is -0.994. The molecule has 19 heavy (non-hydrogen) atoms. The van der Waals surface area contributed by atoms with Gasteiger partial charge in [0.1, 0.15) is 0 Å². The molecular weight excluding hydrogens is 252 g/mol. The third kappa shape index (κ3) is 4.65. The van der Waals surface area contributed by atoms with E-state index < -0.39 is 12.0 Å². The molecular formula is C11H20N4O4. The van der Waals surface area contributed by atoms with Crippen LogP contribution >= 0.6 is 0 Å². The van der Waals surface area contributed by atoms with Gasteiger partial charge in [0, 0.05) is 25.7 Å². The van der Waals surface area contributed by atoms with Crippen molar-refractivity contribution in [2.45, 2.75) is 25.8 Å². The number of carbonyl (C=O) groups excluding carboxylic acids is 2. The molecule has 1 aliphatic rings. The van der Waals surface area contributed by atoms with Crippen LogP contribution in [-0.2, 0) is 4.79 Å². The summed E-state index contributed by atoms with van der Waals surface area (Å²) in [6.07, 6.45) is 0.926. The van der Waals surface area contributed by atoms with Crippen molar-refractivity contribution in [3.63, 3.8) is 0 Å². The van der Waals surface area contributed by atoms with Crippen LogP contribution in [0.3, 0.4) is 0 Å². The highest BCUT2D eigenvalue weighted by molar-refractivity contribution is 5.76. The minimum Gasteiger partial charge on any atom is -0.481 e. The highest BCUT2D eigenvalue weighted by atomic mass is 16.4. The molecule has 2 atom stereocenters. The second-order valence-electron chi connectivity index (χ2n) is 4.62. The number of amides is 4. The molecule has 4 amide bonds. The lowest BCUT2D eigenvalue weighted by atomic mass is 9.92. The summed E-state index contributed by atoms with van der Waals surface area (Å²) in [4.78, 5) is 34.8. The van der Waals surface area contributed by atoms with Gasteiger partial charge in [0.25, 0.3) is 0 Å². The van der Waals surface area contributed by atoms with Gasteiger partial charge in [0.2, 0.25) is 0 Å². The van der Waals surface area contributed by atoms with E-state index in [4.69, 9.17) is 10.8 Å². The van der Waals surface area contributed by atoms with Crippen LogP contribution in [0.25, 0.3) is 0 Å². The predicted octanol–water partition coefficient (Wildman–Crippen LogP) is -0.451. The molecule has 0 aromatic rings. The molecule has 0 aliphatic carbocycles. The zero-order valence-electron chi connectivity index (χ0n) is 10.9. The minimum absolute atomic E-state index is 0.112. The number of urea groups is 2. The predicted molar refractivity (Wildman–Crippen MR) is 67.5 cm³/mol. The van der Waals surface area contributed by atoms with Crippen LogP contribution < -0.4 is 16.4 Å². The summed E-state index contributed by atoms with van der Waals surface area (Å²) >= 11 is 0. The van der Waals surface area contributed by atoms with Crippen molar-refractivity contribution in [1.82, 2.24) is 15.5 Å². The third-order valence-electron chi connectivity index (χ3n) is 3.19. The zero-order chi connectivity index (χ0) is 14.4. The van der Waals surface area contributed by atoms with Crippen molar-refractivity contribution in [2.75, 3.05) is 19.6 Å². The van der Waals surface area contributed by atoms with E-state index in [-0.39, 0.29) is 31.1 Å². The summed E-state index contributed by atoms with van der Waals surface area (Å²) < 4.78 is 0. The van der Waals surface area contributed by atoms with Crippen molar-refractivity contribution in [2.24, 2.45) is 11.7 Å². The van der Waals surface area contributed by atoms with E-state index in [1.54, 1.807) is 4.90 Å². The van der Waals surface area contributed by atoms with E-state index in [1.807, 2.05) is 6.92 Å². The molecule has 0 aromatic heterocycles. The summed E-state index contributed by atoms with van der Waals surface area (Å²) in [7, 11) is 0. The van der Waals surface area contributed by atoms with Crippen molar-refractivity contribution < 1.29 is 19.5 Å². The highest BCUT2D eigenvalue weighted by Crippen LogP contribution is 2.22. The monoisotopic (exact) mass is 272 g/mol. The Kier molecular flexibility index (Phi) is 5.40.